The number of aromatic hydroxyl groups is 1. The van der Waals surface area contributed by atoms with Gasteiger partial charge in [0.1, 0.15) is 23.9 Å². The smallest absolute Gasteiger partial charge is 0.324 e. The Morgan fingerprint density at radius 2 is 1.79 bits per heavy atom. The molecule has 3 saturated heterocycles. The van der Waals surface area contributed by atoms with Crippen molar-refractivity contribution in [2.75, 3.05) is 54.0 Å². The molecule has 3 fully saturated rings. The number of hydrazine groups is 1. The third-order valence-electron chi connectivity index (χ3n) is 15.6. The minimum absolute atomic E-state index is 0.00579. The molecule has 6 bridgehead atoms. The minimum atomic E-state index is -1.16. The molecule has 0 saturated carbocycles. The molecule has 0 unspecified atom stereocenters. The monoisotopic (exact) mass is 975 g/mol. The van der Waals surface area contributed by atoms with Crippen molar-refractivity contribution in [1.29, 1.82) is 0 Å². The van der Waals surface area contributed by atoms with Gasteiger partial charge in [0, 0.05) is 74.8 Å². The van der Waals surface area contributed by atoms with Gasteiger partial charge in [-0.3, -0.25) is 38.9 Å². The van der Waals surface area contributed by atoms with Crippen molar-refractivity contribution in [1.82, 2.24) is 40.0 Å². The molecule has 2 aromatic carbocycles. The molecule has 0 radical (unpaired) electrons. The summed E-state index contributed by atoms with van der Waals surface area (Å²) in [6.45, 7) is 16.6. The zero-order valence-corrected chi connectivity index (χ0v) is 43.3. The van der Waals surface area contributed by atoms with Crippen LogP contribution in [0.25, 0.3) is 33.3 Å². The van der Waals surface area contributed by atoms with E-state index < -0.39 is 52.8 Å². The van der Waals surface area contributed by atoms with Crippen molar-refractivity contribution in [2.24, 2.45) is 17.3 Å². The average Bonchev–Trinajstić information content (AvgIpc) is 4.06. The number of carbonyl (C=O) groups excluding carboxylic acids is 5. The fourth-order valence-electron chi connectivity index (χ4n) is 11.5. The molecule has 16 heteroatoms. The van der Waals surface area contributed by atoms with Gasteiger partial charge in [0.05, 0.1) is 35.6 Å². The van der Waals surface area contributed by atoms with Crippen LogP contribution in [0.5, 0.6) is 5.75 Å². The van der Waals surface area contributed by atoms with Gasteiger partial charge in [0.25, 0.3) is 5.91 Å². The number of amides is 4. The van der Waals surface area contributed by atoms with E-state index in [9.17, 15) is 29.1 Å². The van der Waals surface area contributed by atoms with Gasteiger partial charge >= 0.3 is 5.97 Å². The number of aromatic nitrogens is 2. The van der Waals surface area contributed by atoms with Crippen LogP contribution in [0.1, 0.15) is 103 Å². The summed E-state index contributed by atoms with van der Waals surface area (Å²) in [5, 5.41) is 16.8. The Balaban J connectivity index is 1.15. The molecule has 4 aliphatic rings. The Labute approximate surface area is 418 Å². The Morgan fingerprint density at radius 1 is 1.01 bits per heavy atom. The fraction of sp³-hybridized carbons (Fsp3) is 0.564. The number of nitrogens with zero attached hydrogens (tertiary/aromatic N) is 6. The van der Waals surface area contributed by atoms with Crippen molar-refractivity contribution >= 4 is 40.5 Å². The summed E-state index contributed by atoms with van der Waals surface area (Å²) < 4.78 is 14.3. The Kier molecular flexibility index (Phi) is 15.0. The molecule has 3 N–H and O–H groups in total. The lowest BCUT2D eigenvalue weighted by molar-refractivity contribution is -0.155. The highest BCUT2D eigenvalue weighted by molar-refractivity contribution is 5.96. The number of esters is 1. The maximum Gasteiger partial charge on any atom is 0.324 e. The summed E-state index contributed by atoms with van der Waals surface area (Å²) >= 11 is 0. The van der Waals surface area contributed by atoms with E-state index >= 15 is 0 Å². The van der Waals surface area contributed by atoms with Crippen molar-refractivity contribution in [2.45, 2.75) is 130 Å². The van der Waals surface area contributed by atoms with E-state index in [1.54, 1.807) is 37.4 Å². The lowest BCUT2D eigenvalue weighted by atomic mass is 9.84. The Morgan fingerprint density at radius 3 is 2.49 bits per heavy atom. The first-order valence-corrected chi connectivity index (χ1v) is 25.5. The third kappa shape index (κ3) is 10.3. The number of nitrogens with one attached hydrogen (secondary N) is 2. The van der Waals surface area contributed by atoms with Crippen molar-refractivity contribution in [3.05, 3.63) is 71.5 Å². The van der Waals surface area contributed by atoms with E-state index in [0.29, 0.717) is 44.3 Å². The number of benzene rings is 2. The lowest BCUT2D eigenvalue weighted by Crippen LogP contribution is -2.62. The maximum absolute atomic E-state index is 14.8. The zero-order valence-electron chi connectivity index (χ0n) is 43.3. The molecule has 4 aromatic rings. The molecular formula is C55H74N8O8. The highest BCUT2D eigenvalue weighted by Crippen LogP contribution is 2.42. The summed E-state index contributed by atoms with van der Waals surface area (Å²) in [4.78, 5) is 81.8. The van der Waals surface area contributed by atoms with Crippen LogP contribution in [0.3, 0.4) is 0 Å². The van der Waals surface area contributed by atoms with E-state index in [1.165, 1.54) is 9.91 Å². The highest BCUT2D eigenvalue weighted by atomic mass is 16.5. The number of likely N-dealkylation sites (N-methyl/N-ethyl adjacent to an activating group) is 2. The molecule has 382 valence electrons. The fourth-order valence-corrected chi connectivity index (χ4v) is 11.5. The Hall–Kier alpha value is -5.84. The molecule has 16 nitrogen and oxygen atoms in total. The molecule has 4 aliphatic heterocycles. The second-order valence-electron chi connectivity index (χ2n) is 21.7. The number of phenols is 1. The molecule has 4 amide bonds. The van der Waals surface area contributed by atoms with Crippen molar-refractivity contribution in [3.8, 4) is 28.1 Å². The third-order valence-corrected chi connectivity index (χ3v) is 15.6. The first kappa shape index (κ1) is 51.5. The van der Waals surface area contributed by atoms with Crippen molar-refractivity contribution in [3.63, 3.8) is 0 Å². The first-order valence-electron chi connectivity index (χ1n) is 25.5. The summed E-state index contributed by atoms with van der Waals surface area (Å²) in [5.74, 6) is -2.49. The number of phenolic OH excluding ortho intramolecular Hbond substituents is 1. The number of carbonyl (C=O) groups is 5. The Bertz CT molecular complexity index is 2680. The summed E-state index contributed by atoms with van der Waals surface area (Å²) in [7, 11) is 5.26. The number of fused-ring (bicyclic) bond motifs is 6. The number of hydrogen-bond donors (Lipinski definition) is 3. The molecule has 2 aromatic heterocycles. The summed E-state index contributed by atoms with van der Waals surface area (Å²) in [6, 6.07) is 12.6. The van der Waals surface area contributed by atoms with Crippen LogP contribution < -0.4 is 10.7 Å². The highest BCUT2D eigenvalue weighted by Gasteiger charge is 2.47. The predicted molar refractivity (Wildman–Crippen MR) is 272 cm³/mol. The van der Waals surface area contributed by atoms with Crippen LogP contribution in [-0.2, 0) is 52.8 Å². The summed E-state index contributed by atoms with van der Waals surface area (Å²) in [5.41, 5.74) is 8.98. The van der Waals surface area contributed by atoms with Crippen LogP contribution in [0.15, 0.2) is 54.7 Å². The van der Waals surface area contributed by atoms with E-state index in [2.05, 4.69) is 59.2 Å². The number of likely N-dealkylation sites (tertiary alicyclic amines) is 2. The standard InChI is InChI=1S/C55H74N8O8/c1-11-62-45-18-17-36-29-41(45)42(48(62)40-15-12-21-56-46(40)34(4)70-10)30-54(5,6)32-71-52(68)43-16-13-23-63(58-43)51(67)44(27-35-25-38(36)28-39(64)26-35)57-49(65)47(33(2)3)60(9)50(66)37-19-24-61(31-37)53(69)55(7)20-14-22-59(55)8/h12,15,17-18,21,25-26,28-29,33-34,37,43-44,47,58,64H,11,13-14,16,19-20,22-24,27,30-32H2,1-10H3,(H,57,65)/t34-,37+,43-,44-,47-,55-/m0/s1. The first-order chi connectivity index (χ1) is 33.7. The molecule has 0 spiro atoms. The van der Waals surface area contributed by atoms with Crippen LogP contribution >= 0.6 is 0 Å². The number of rotatable bonds is 10. The molecule has 71 heavy (non-hydrogen) atoms. The van der Waals surface area contributed by atoms with Crippen LogP contribution in [-0.4, -0.2) is 142 Å². The van der Waals surface area contributed by atoms with Gasteiger partial charge in [-0.15, -0.1) is 0 Å². The van der Waals surface area contributed by atoms with Crippen LogP contribution in [0.2, 0.25) is 0 Å². The van der Waals surface area contributed by atoms with Gasteiger partial charge in [-0.2, -0.15) is 0 Å². The molecule has 6 heterocycles. The summed E-state index contributed by atoms with van der Waals surface area (Å²) in [6.07, 6.45) is 5.18. The number of aryl methyl sites for hydroxylation is 1. The van der Waals surface area contributed by atoms with E-state index in [1.807, 2.05) is 52.9 Å². The van der Waals surface area contributed by atoms with E-state index in [4.69, 9.17) is 14.5 Å². The maximum atomic E-state index is 14.8. The number of methoxy groups -OCH3 is 1. The zero-order chi connectivity index (χ0) is 51.1. The number of ether oxygens (including phenoxy) is 2. The van der Waals surface area contributed by atoms with Gasteiger partial charge in [-0.1, -0.05) is 39.8 Å². The number of cyclic esters (lactones) is 1. The minimum Gasteiger partial charge on any atom is -0.508 e. The molecular weight excluding hydrogens is 901 g/mol. The van der Waals surface area contributed by atoms with Crippen LogP contribution in [0, 0.1) is 17.3 Å². The molecule has 6 atom stereocenters. The lowest BCUT2D eigenvalue weighted by Gasteiger charge is -2.37. The van der Waals surface area contributed by atoms with E-state index in [-0.39, 0.29) is 55.7 Å². The van der Waals surface area contributed by atoms with Gasteiger partial charge in [0.2, 0.25) is 17.7 Å². The van der Waals surface area contributed by atoms with Gasteiger partial charge in [0.15, 0.2) is 0 Å². The SMILES string of the molecule is CCn1c(-c2cccnc2[C@H](C)OC)c2c3cc(ccc31)-c1cc(O)cc(c1)C[C@H](NC(=O)[C@H](C(C)C)N(C)C(=O)[C@@H]1CCN(C(=O)[C@]3(C)CCCN3C)C1)C(=O)N1CCC[C@H](N1)C(=O)OCC(C)(C)C2. The number of hydrogen-bond acceptors (Lipinski definition) is 11. The topological polar surface area (TPSA) is 179 Å². The second kappa shape index (κ2) is 20.7. The van der Waals surface area contributed by atoms with Gasteiger partial charge in [-0.25, -0.2) is 5.43 Å². The van der Waals surface area contributed by atoms with Crippen LogP contribution in [0.4, 0.5) is 0 Å². The van der Waals surface area contributed by atoms with Gasteiger partial charge in [-0.05, 0) is 137 Å². The second-order valence-corrected chi connectivity index (χ2v) is 21.7. The quantitative estimate of drug-likeness (QED) is 0.153. The predicted octanol–water partition coefficient (Wildman–Crippen LogP) is 6.27. The average molecular weight is 975 g/mol. The molecule has 0 aliphatic carbocycles. The van der Waals surface area contributed by atoms with E-state index in [0.717, 1.165) is 63.9 Å². The van der Waals surface area contributed by atoms with Crippen molar-refractivity contribution < 1.29 is 38.6 Å². The normalized spacial score (nSPS) is 23.9. The molecule has 8 rings (SSSR count). The largest absolute Gasteiger partial charge is 0.508 e. The number of pyridine rings is 1. The van der Waals surface area contributed by atoms with Gasteiger partial charge < -0.3 is 34.3 Å².